The molecule has 0 fully saturated rings. The molecule has 0 saturated heterocycles. The molecule has 0 saturated carbocycles. The van der Waals surface area contributed by atoms with Crippen molar-refractivity contribution in [3.05, 3.63) is 40.7 Å². The van der Waals surface area contributed by atoms with E-state index in [1.54, 1.807) is 12.1 Å². The Morgan fingerprint density at radius 3 is 2.70 bits per heavy atom. The van der Waals surface area contributed by atoms with E-state index in [9.17, 15) is 9.90 Å². The monoisotopic (exact) mass is 388 g/mol. The normalized spacial score (nSPS) is 16.2. The van der Waals surface area contributed by atoms with Gasteiger partial charge in [-0.2, -0.15) is 0 Å². The Morgan fingerprint density at radius 2 is 1.96 bits per heavy atom. The number of aromatic hydroxyl groups is 1. The van der Waals surface area contributed by atoms with Gasteiger partial charge in [-0.1, -0.05) is 23.7 Å². The molecule has 0 radical (unpaired) electrons. The van der Waals surface area contributed by atoms with Gasteiger partial charge in [-0.05, 0) is 42.9 Å². The standard InChI is InChI=1S/C18H21ClN6O2/c19-15-17(21)25-16(20)14(24-15)18(27)23-13-8-11(9-22-13)3-1-2-10-4-6-12(26)7-5-10/h4-7,11,26H,1-3,8-9H2,(H4,20,21,25)(H,22,23,27)/t11-/m1/s1. The minimum Gasteiger partial charge on any atom is -0.508 e. The number of phenols is 1. The van der Waals surface area contributed by atoms with Gasteiger partial charge in [-0.3, -0.25) is 9.79 Å². The van der Waals surface area contributed by atoms with E-state index in [1.807, 2.05) is 12.1 Å². The number of benzene rings is 1. The van der Waals surface area contributed by atoms with Crippen LogP contribution in [0.1, 0.15) is 35.3 Å². The highest BCUT2D eigenvalue weighted by Gasteiger charge is 2.22. The van der Waals surface area contributed by atoms with Crippen molar-refractivity contribution >= 4 is 35.0 Å². The summed E-state index contributed by atoms with van der Waals surface area (Å²) in [5.41, 5.74) is 12.3. The van der Waals surface area contributed by atoms with Gasteiger partial charge in [0.2, 0.25) is 0 Å². The van der Waals surface area contributed by atoms with Crippen molar-refractivity contribution < 1.29 is 9.90 Å². The molecule has 3 rings (SSSR count). The summed E-state index contributed by atoms with van der Waals surface area (Å²) < 4.78 is 0. The second kappa shape index (κ2) is 8.22. The summed E-state index contributed by atoms with van der Waals surface area (Å²) in [4.78, 5) is 24.4. The molecule has 27 heavy (non-hydrogen) atoms. The van der Waals surface area contributed by atoms with Gasteiger partial charge in [0.05, 0.1) is 0 Å². The fourth-order valence-electron chi connectivity index (χ4n) is 2.98. The Morgan fingerprint density at radius 1 is 1.22 bits per heavy atom. The van der Waals surface area contributed by atoms with E-state index in [0.29, 0.717) is 24.7 Å². The zero-order valence-corrected chi connectivity index (χ0v) is 15.4. The molecule has 1 atom stereocenters. The van der Waals surface area contributed by atoms with E-state index in [2.05, 4.69) is 20.3 Å². The minimum atomic E-state index is -0.495. The number of carbonyl (C=O) groups is 1. The van der Waals surface area contributed by atoms with Crippen molar-refractivity contribution in [1.29, 1.82) is 0 Å². The van der Waals surface area contributed by atoms with Gasteiger partial charge in [-0.15, -0.1) is 0 Å². The summed E-state index contributed by atoms with van der Waals surface area (Å²) in [5, 5.41) is 12.0. The molecule has 2 aromatic rings. The van der Waals surface area contributed by atoms with E-state index < -0.39 is 5.91 Å². The number of hydrogen-bond donors (Lipinski definition) is 4. The molecule has 1 aromatic heterocycles. The van der Waals surface area contributed by atoms with Crippen molar-refractivity contribution in [3.63, 3.8) is 0 Å². The molecule has 1 aliphatic heterocycles. The highest BCUT2D eigenvalue weighted by molar-refractivity contribution is 6.31. The Kier molecular flexibility index (Phi) is 5.75. The van der Waals surface area contributed by atoms with E-state index in [4.69, 9.17) is 23.1 Å². The average molecular weight is 389 g/mol. The molecule has 6 N–H and O–H groups in total. The van der Waals surface area contributed by atoms with Crippen LogP contribution >= 0.6 is 11.6 Å². The third kappa shape index (κ3) is 4.85. The molecule has 2 heterocycles. The molecule has 142 valence electrons. The molecule has 1 amide bonds. The van der Waals surface area contributed by atoms with Crippen molar-refractivity contribution in [3.8, 4) is 5.75 Å². The lowest BCUT2D eigenvalue weighted by molar-refractivity contribution is 0.0972. The third-order valence-electron chi connectivity index (χ3n) is 4.41. The Balaban J connectivity index is 1.47. The fourth-order valence-corrected chi connectivity index (χ4v) is 3.11. The van der Waals surface area contributed by atoms with E-state index in [-0.39, 0.29) is 28.2 Å². The van der Waals surface area contributed by atoms with Gasteiger partial charge in [0.1, 0.15) is 11.6 Å². The summed E-state index contributed by atoms with van der Waals surface area (Å²) in [5.74, 6) is 0.692. The van der Waals surface area contributed by atoms with Crippen LogP contribution in [0.5, 0.6) is 5.75 Å². The van der Waals surface area contributed by atoms with Crippen LogP contribution in [0.3, 0.4) is 0 Å². The van der Waals surface area contributed by atoms with Gasteiger partial charge in [0.15, 0.2) is 22.5 Å². The van der Waals surface area contributed by atoms with Crippen LogP contribution < -0.4 is 16.8 Å². The molecule has 1 aromatic carbocycles. The number of nitrogens with one attached hydrogen (secondary N) is 1. The number of nitrogens with two attached hydrogens (primary N) is 2. The topological polar surface area (TPSA) is 140 Å². The van der Waals surface area contributed by atoms with Gasteiger partial charge in [0, 0.05) is 13.0 Å². The van der Waals surface area contributed by atoms with E-state index in [1.165, 1.54) is 5.56 Å². The van der Waals surface area contributed by atoms with Gasteiger partial charge in [-0.25, -0.2) is 9.97 Å². The summed E-state index contributed by atoms with van der Waals surface area (Å²) in [6.07, 6.45) is 3.64. The quantitative estimate of drug-likeness (QED) is 0.618. The fraction of sp³-hybridized carbons (Fsp3) is 0.333. The number of rotatable bonds is 5. The van der Waals surface area contributed by atoms with Crippen molar-refractivity contribution in [2.24, 2.45) is 10.9 Å². The summed E-state index contributed by atoms with van der Waals surface area (Å²) in [6, 6.07) is 7.24. The second-order valence-corrected chi connectivity index (χ2v) is 6.86. The number of amidine groups is 1. The van der Waals surface area contributed by atoms with E-state index >= 15 is 0 Å². The number of nitrogen functional groups attached to an aromatic ring is 2. The number of phenolic OH excluding ortho intramolecular Hbond substituents is 1. The van der Waals surface area contributed by atoms with Crippen LogP contribution in [0.4, 0.5) is 11.6 Å². The third-order valence-corrected chi connectivity index (χ3v) is 4.69. The van der Waals surface area contributed by atoms with Crippen molar-refractivity contribution in [2.45, 2.75) is 25.7 Å². The average Bonchev–Trinajstić information content (AvgIpc) is 3.07. The maximum Gasteiger partial charge on any atom is 0.279 e. The molecule has 0 bridgehead atoms. The van der Waals surface area contributed by atoms with Crippen molar-refractivity contribution in [2.75, 3.05) is 18.0 Å². The molecule has 0 aliphatic carbocycles. The van der Waals surface area contributed by atoms with Crippen molar-refractivity contribution in [1.82, 2.24) is 15.3 Å². The number of aliphatic imine (C=N–C) groups is 1. The Bertz CT molecular complexity index is 869. The first-order chi connectivity index (χ1) is 12.9. The first kappa shape index (κ1) is 18.9. The van der Waals surface area contributed by atoms with Crippen LogP contribution in [-0.4, -0.2) is 33.4 Å². The van der Waals surface area contributed by atoms with Crippen LogP contribution in [0, 0.1) is 5.92 Å². The lowest BCUT2D eigenvalue weighted by Gasteiger charge is -2.10. The number of carbonyl (C=O) groups excluding carboxylic acids is 1. The molecule has 0 spiro atoms. The zero-order chi connectivity index (χ0) is 19.4. The van der Waals surface area contributed by atoms with Crippen LogP contribution in [0.2, 0.25) is 5.15 Å². The van der Waals surface area contributed by atoms with Crippen LogP contribution in [0.25, 0.3) is 0 Å². The molecular weight excluding hydrogens is 368 g/mol. The number of nitrogens with zero attached hydrogens (tertiary/aromatic N) is 3. The maximum atomic E-state index is 12.3. The number of aryl methyl sites for hydroxylation is 1. The predicted molar refractivity (Wildman–Crippen MR) is 105 cm³/mol. The smallest absolute Gasteiger partial charge is 0.279 e. The van der Waals surface area contributed by atoms with Crippen LogP contribution in [0.15, 0.2) is 29.3 Å². The van der Waals surface area contributed by atoms with E-state index in [0.717, 1.165) is 19.3 Å². The highest BCUT2D eigenvalue weighted by atomic mass is 35.5. The Hall–Kier alpha value is -2.87. The lowest BCUT2D eigenvalue weighted by atomic mass is 9.98. The first-order valence-electron chi connectivity index (χ1n) is 8.63. The largest absolute Gasteiger partial charge is 0.508 e. The highest BCUT2D eigenvalue weighted by Crippen LogP contribution is 2.21. The Labute approximate surface area is 161 Å². The number of halogens is 1. The minimum absolute atomic E-state index is 0.0161. The molecule has 1 aliphatic rings. The van der Waals surface area contributed by atoms with Crippen LogP contribution in [-0.2, 0) is 6.42 Å². The molecular formula is C18H21ClN6O2. The summed E-state index contributed by atoms with van der Waals surface area (Å²) in [6.45, 7) is 0.675. The predicted octanol–water partition coefficient (Wildman–Crippen LogP) is 2.17. The maximum absolute atomic E-state index is 12.3. The lowest BCUT2D eigenvalue weighted by Crippen LogP contribution is -2.31. The number of anilines is 2. The molecule has 8 nitrogen and oxygen atoms in total. The first-order valence-corrected chi connectivity index (χ1v) is 9.01. The number of hydrogen-bond acceptors (Lipinski definition) is 7. The number of aromatic nitrogens is 2. The molecule has 9 heteroatoms. The van der Waals surface area contributed by atoms with Gasteiger partial charge < -0.3 is 21.9 Å². The summed E-state index contributed by atoms with van der Waals surface area (Å²) >= 11 is 5.81. The summed E-state index contributed by atoms with van der Waals surface area (Å²) in [7, 11) is 0. The number of amides is 1. The molecule has 0 unspecified atom stereocenters. The zero-order valence-electron chi connectivity index (χ0n) is 14.7. The second-order valence-electron chi connectivity index (χ2n) is 6.50. The van der Waals surface area contributed by atoms with Gasteiger partial charge in [0.25, 0.3) is 5.91 Å². The SMILES string of the molecule is Nc1nc(N)c(C(=O)NC2=NC[C@H](CCCc3ccc(O)cc3)C2)nc1Cl. The van der Waals surface area contributed by atoms with Gasteiger partial charge >= 0.3 is 0 Å².